The molecule has 0 saturated heterocycles. The zero-order chi connectivity index (χ0) is 22.7. The van der Waals surface area contributed by atoms with Crippen molar-refractivity contribution in [2.75, 3.05) is 0 Å². The molecule has 0 aliphatic carbocycles. The Morgan fingerprint density at radius 3 is 2.56 bits per heavy atom. The number of hydrogen-bond acceptors (Lipinski definition) is 6. The minimum absolute atomic E-state index is 0.0907. The molecule has 0 radical (unpaired) electrons. The summed E-state index contributed by atoms with van der Waals surface area (Å²) in [6.07, 6.45) is 4.12. The minimum Gasteiger partial charge on any atom is -0.381 e. The van der Waals surface area contributed by atoms with E-state index in [1.807, 2.05) is 6.07 Å². The lowest BCUT2D eigenvalue weighted by molar-refractivity contribution is -0.00878. The molecule has 2 aromatic heterocycles. The molecule has 4 rings (SSSR count). The highest BCUT2D eigenvalue weighted by molar-refractivity contribution is 7.98. The van der Waals surface area contributed by atoms with Crippen molar-refractivity contribution in [2.24, 2.45) is 0 Å². The molecule has 0 aliphatic rings. The van der Waals surface area contributed by atoms with Crippen LogP contribution in [0, 0.1) is 11.6 Å². The minimum atomic E-state index is -1.79. The summed E-state index contributed by atoms with van der Waals surface area (Å²) in [5.41, 5.74) is -1.01. The zero-order valence-corrected chi connectivity index (χ0v) is 18.7. The maximum absolute atomic E-state index is 14.5. The van der Waals surface area contributed by atoms with Gasteiger partial charge in [0.15, 0.2) is 0 Å². The van der Waals surface area contributed by atoms with E-state index in [4.69, 9.17) is 23.2 Å². The molecule has 4 aromatic rings. The summed E-state index contributed by atoms with van der Waals surface area (Å²) >= 11 is 13.5. The van der Waals surface area contributed by atoms with Crippen LogP contribution >= 0.6 is 35.0 Å². The lowest BCUT2D eigenvalue weighted by atomic mass is 9.93. The fourth-order valence-corrected chi connectivity index (χ4v) is 4.51. The standard InChI is InChI=1S/C20H16Cl2F2N6OS/c21-14-2-1-13(17(22)5-14)7-32-19-26-12-30(28-19)9-20(31,8-29-11-25-10-27-29)16-4-3-15(23)6-18(16)24/h1-6,10-12,31H,7-9H2. The van der Waals surface area contributed by atoms with Crippen LogP contribution in [0.25, 0.3) is 0 Å². The first kappa shape index (κ1) is 22.7. The molecule has 2 heterocycles. The summed E-state index contributed by atoms with van der Waals surface area (Å²) < 4.78 is 30.7. The Hall–Kier alpha value is -2.53. The fourth-order valence-electron chi connectivity index (χ4n) is 3.14. The number of hydrogen-bond donors (Lipinski definition) is 1. The van der Waals surface area contributed by atoms with Crippen LogP contribution in [0.15, 0.2) is 60.5 Å². The maximum Gasteiger partial charge on any atom is 0.208 e. The molecule has 166 valence electrons. The van der Waals surface area contributed by atoms with Gasteiger partial charge in [-0.25, -0.2) is 28.1 Å². The molecular weight excluding hydrogens is 481 g/mol. The van der Waals surface area contributed by atoms with Gasteiger partial charge in [0.25, 0.3) is 0 Å². The molecule has 0 saturated carbocycles. The number of nitrogens with zero attached hydrogens (tertiary/aromatic N) is 6. The lowest BCUT2D eigenvalue weighted by Gasteiger charge is -2.28. The summed E-state index contributed by atoms with van der Waals surface area (Å²) in [6.45, 7) is -0.275. The highest BCUT2D eigenvalue weighted by Crippen LogP contribution is 2.30. The Morgan fingerprint density at radius 2 is 1.84 bits per heavy atom. The molecule has 2 aromatic carbocycles. The van der Waals surface area contributed by atoms with Crippen molar-refractivity contribution in [1.29, 1.82) is 0 Å². The van der Waals surface area contributed by atoms with Crippen LogP contribution in [0.1, 0.15) is 11.1 Å². The molecule has 7 nitrogen and oxygen atoms in total. The van der Waals surface area contributed by atoms with E-state index >= 15 is 0 Å². The van der Waals surface area contributed by atoms with Crippen molar-refractivity contribution in [1.82, 2.24) is 29.5 Å². The molecule has 1 N–H and O–H groups in total. The molecule has 0 spiro atoms. The first-order valence-corrected chi connectivity index (χ1v) is 11.0. The number of halogens is 4. The summed E-state index contributed by atoms with van der Waals surface area (Å²) in [4.78, 5) is 8.08. The number of aromatic nitrogens is 6. The van der Waals surface area contributed by atoms with Crippen molar-refractivity contribution in [3.05, 3.63) is 88.2 Å². The number of aliphatic hydroxyl groups is 1. The van der Waals surface area contributed by atoms with E-state index in [9.17, 15) is 13.9 Å². The second-order valence-corrected chi connectivity index (χ2v) is 8.78. The van der Waals surface area contributed by atoms with E-state index in [0.29, 0.717) is 21.0 Å². The molecule has 32 heavy (non-hydrogen) atoms. The van der Waals surface area contributed by atoms with Gasteiger partial charge in [0.05, 0.1) is 13.1 Å². The largest absolute Gasteiger partial charge is 0.381 e. The van der Waals surface area contributed by atoms with Crippen molar-refractivity contribution >= 4 is 35.0 Å². The van der Waals surface area contributed by atoms with Crippen LogP contribution in [0.3, 0.4) is 0 Å². The van der Waals surface area contributed by atoms with Crippen LogP contribution in [0.5, 0.6) is 0 Å². The van der Waals surface area contributed by atoms with Gasteiger partial charge in [-0.1, -0.05) is 47.1 Å². The Labute approximate surface area is 196 Å². The monoisotopic (exact) mass is 496 g/mol. The second-order valence-electron chi connectivity index (χ2n) is 7.00. The van der Waals surface area contributed by atoms with E-state index in [1.165, 1.54) is 46.2 Å². The van der Waals surface area contributed by atoms with Gasteiger partial charge in [-0.15, -0.1) is 5.10 Å². The fraction of sp³-hybridized carbons (Fsp3) is 0.200. The quantitative estimate of drug-likeness (QED) is 0.365. The SMILES string of the molecule is OC(Cn1cncn1)(Cn1cnc(SCc2ccc(Cl)cc2Cl)n1)c1ccc(F)cc1F. The van der Waals surface area contributed by atoms with Gasteiger partial charge in [-0.3, -0.25) is 0 Å². The Kier molecular flexibility index (Phi) is 6.75. The van der Waals surface area contributed by atoms with Gasteiger partial charge in [-0.2, -0.15) is 5.10 Å². The number of benzene rings is 2. The van der Waals surface area contributed by atoms with Gasteiger partial charge in [0.2, 0.25) is 5.16 Å². The van der Waals surface area contributed by atoms with E-state index in [1.54, 1.807) is 12.1 Å². The lowest BCUT2D eigenvalue weighted by Crippen LogP contribution is -2.37. The van der Waals surface area contributed by atoms with Gasteiger partial charge < -0.3 is 5.11 Å². The average molecular weight is 497 g/mol. The topological polar surface area (TPSA) is 81.6 Å². The zero-order valence-electron chi connectivity index (χ0n) is 16.4. The van der Waals surface area contributed by atoms with Gasteiger partial charge in [0.1, 0.15) is 36.2 Å². The summed E-state index contributed by atoms with van der Waals surface area (Å²) in [7, 11) is 0. The van der Waals surface area contributed by atoms with E-state index < -0.39 is 17.2 Å². The van der Waals surface area contributed by atoms with Crippen LogP contribution in [0.4, 0.5) is 8.78 Å². The van der Waals surface area contributed by atoms with E-state index in [-0.39, 0.29) is 18.7 Å². The summed E-state index contributed by atoms with van der Waals surface area (Å²) in [5.74, 6) is -1.11. The van der Waals surface area contributed by atoms with Crippen LogP contribution in [0.2, 0.25) is 10.0 Å². The summed E-state index contributed by atoms with van der Waals surface area (Å²) in [6, 6.07) is 8.24. The predicted octanol–water partition coefficient (Wildman–Crippen LogP) is 4.33. The smallest absolute Gasteiger partial charge is 0.208 e. The van der Waals surface area contributed by atoms with Crippen molar-refractivity contribution in [3.8, 4) is 0 Å². The second kappa shape index (κ2) is 9.53. The molecule has 12 heteroatoms. The highest BCUT2D eigenvalue weighted by Gasteiger charge is 2.34. The molecule has 0 amide bonds. The third kappa shape index (κ3) is 5.26. The number of rotatable bonds is 8. The van der Waals surface area contributed by atoms with E-state index in [2.05, 4.69) is 20.2 Å². The molecule has 0 aliphatic heterocycles. The van der Waals surface area contributed by atoms with Crippen molar-refractivity contribution in [2.45, 2.75) is 29.6 Å². The number of thioether (sulfide) groups is 1. The molecule has 1 atom stereocenters. The average Bonchev–Trinajstić information content (AvgIpc) is 3.39. The van der Waals surface area contributed by atoms with Gasteiger partial charge >= 0.3 is 0 Å². The normalized spacial score (nSPS) is 13.3. The first-order chi connectivity index (χ1) is 15.3. The van der Waals surface area contributed by atoms with Crippen LogP contribution in [-0.2, 0) is 24.4 Å². The summed E-state index contributed by atoms with van der Waals surface area (Å²) in [5, 5.41) is 21.2. The molecule has 0 fully saturated rings. The third-order valence-corrected chi connectivity index (χ3v) is 6.12. The predicted molar refractivity (Wildman–Crippen MR) is 116 cm³/mol. The highest BCUT2D eigenvalue weighted by atomic mass is 35.5. The Morgan fingerprint density at radius 1 is 1.03 bits per heavy atom. The van der Waals surface area contributed by atoms with Crippen molar-refractivity contribution in [3.63, 3.8) is 0 Å². The van der Waals surface area contributed by atoms with Crippen LogP contribution < -0.4 is 0 Å². The van der Waals surface area contributed by atoms with Crippen molar-refractivity contribution < 1.29 is 13.9 Å². The van der Waals surface area contributed by atoms with E-state index in [0.717, 1.165) is 17.7 Å². The Bertz CT molecular complexity index is 1220. The third-order valence-electron chi connectivity index (χ3n) is 4.63. The molecular formula is C20H16Cl2F2N6OS. The Balaban J connectivity index is 1.54. The van der Waals surface area contributed by atoms with Gasteiger partial charge in [-0.05, 0) is 23.8 Å². The molecule has 1 unspecified atom stereocenters. The van der Waals surface area contributed by atoms with Crippen LogP contribution in [-0.4, -0.2) is 34.6 Å². The molecule has 0 bridgehead atoms. The van der Waals surface area contributed by atoms with Gasteiger partial charge in [0, 0.05) is 27.4 Å². The maximum atomic E-state index is 14.5. The first-order valence-electron chi connectivity index (χ1n) is 9.29.